The van der Waals surface area contributed by atoms with Gasteiger partial charge in [0, 0.05) is 60.9 Å². The first-order valence-corrected chi connectivity index (χ1v) is 14.5. The van der Waals surface area contributed by atoms with Crippen molar-refractivity contribution < 1.29 is 8.42 Å². The number of likely N-dealkylation sites (tertiary alicyclic amines) is 1. The van der Waals surface area contributed by atoms with E-state index in [1.165, 1.54) is 16.5 Å². The first-order chi connectivity index (χ1) is 17.8. The van der Waals surface area contributed by atoms with Gasteiger partial charge in [0.15, 0.2) is 0 Å². The van der Waals surface area contributed by atoms with Crippen molar-refractivity contribution in [3.8, 4) is 0 Å². The number of sulfonamides is 1. The highest BCUT2D eigenvalue weighted by Crippen LogP contribution is 2.27. The summed E-state index contributed by atoms with van der Waals surface area (Å²) >= 11 is 5.89. The Bertz CT molecular complexity index is 1510. The van der Waals surface area contributed by atoms with Crippen LogP contribution in [-0.2, 0) is 15.8 Å². The second kappa shape index (κ2) is 10.6. The molecule has 0 radical (unpaired) electrons. The van der Waals surface area contributed by atoms with Crippen LogP contribution in [0, 0.1) is 0 Å². The highest BCUT2D eigenvalue weighted by Gasteiger charge is 2.29. The van der Waals surface area contributed by atoms with Gasteiger partial charge < -0.3 is 14.8 Å². The van der Waals surface area contributed by atoms with E-state index in [-0.39, 0.29) is 5.75 Å². The zero-order chi connectivity index (χ0) is 26.0. The van der Waals surface area contributed by atoms with Crippen molar-refractivity contribution in [2.75, 3.05) is 29.8 Å². The van der Waals surface area contributed by atoms with Crippen LogP contribution >= 0.6 is 11.6 Å². The number of nitrogens with zero attached hydrogens (tertiary/aromatic N) is 4. The molecular weight excluding hydrogens is 508 g/mol. The van der Waals surface area contributed by atoms with Crippen LogP contribution in [0.15, 0.2) is 71.6 Å². The molecule has 2 aliphatic rings. The SMILES string of the molecule is CCC1=CN=c2[nH]ccc2=C(N2CCC(N(C)c3ccc(NS(=O)(=O)Cc4ccc(Cl)cc4)cn3)C2)C1. The maximum absolute atomic E-state index is 12.6. The second-order valence-corrected chi connectivity index (χ2v) is 11.7. The number of nitrogens with one attached hydrogen (secondary N) is 2. The number of anilines is 2. The smallest absolute Gasteiger partial charge is 0.236 e. The molecule has 0 bridgehead atoms. The predicted octanol–water partition coefficient (Wildman–Crippen LogP) is 3.64. The third kappa shape index (κ3) is 5.83. The van der Waals surface area contributed by atoms with Gasteiger partial charge in [0.2, 0.25) is 10.0 Å². The number of hydrogen-bond donors (Lipinski definition) is 2. The van der Waals surface area contributed by atoms with E-state index in [4.69, 9.17) is 11.6 Å². The van der Waals surface area contributed by atoms with E-state index in [0.29, 0.717) is 22.3 Å². The standard InChI is InChI=1S/C27H31ClN6O2S/c1-3-19-14-25(24-10-12-29-27(24)31-15-19)34-13-11-23(17-34)33(2)26-9-8-22(16-30-26)32-37(35,36)18-20-4-6-21(28)7-5-20/h4-10,12,15-16,23,32H,3,11,13-14,17-18H2,1-2H3,(H,29,31). The Morgan fingerprint density at radius 1 is 1.19 bits per heavy atom. The summed E-state index contributed by atoms with van der Waals surface area (Å²) in [4.78, 5) is 17.1. The van der Waals surface area contributed by atoms with Gasteiger partial charge in [0.25, 0.3) is 0 Å². The number of H-pyrrole nitrogens is 1. The summed E-state index contributed by atoms with van der Waals surface area (Å²) in [7, 11) is -1.52. The van der Waals surface area contributed by atoms with E-state index in [1.54, 1.807) is 36.5 Å². The Kier molecular flexibility index (Phi) is 7.26. The molecular formula is C27H31ClN6O2S. The lowest BCUT2D eigenvalue weighted by molar-refractivity contribution is 0.465. The van der Waals surface area contributed by atoms with Gasteiger partial charge in [0.1, 0.15) is 11.3 Å². The number of likely N-dealkylation sites (N-methyl/N-ethyl adjacent to an activating group) is 1. The van der Waals surface area contributed by atoms with Crippen LogP contribution in [0.4, 0.5) is 11.5 Å². The second-order valence-electron chi connectivity index (χ2n) is 9.53. The van der Waals surface area contributed by atoms with Crippen LogP contribution in [0.2, 0.25) is 5.02 Å². The summed E-state index contributed by atoms with van der Waals surface area (Å²) in [6.07, 6.45) is 8.42. The van der Waals surface area contributed by atoms with Crippen molar-refractivity contribution in [3.05, 3.63) is 87.9 Å². The van der Waals surface area contributed by atoms with E-state index in [0.717, 1.165) is 43.7 Å². The number of pyridine rings is 1. The minimum absolute atomic E-state index is 0.131. The molecule has 1 saturated heterocycles. The number of halogens is 1. The van der Waals surface area contributed by atoms with Gasteiger partial charge in [0.05, 0.1) is 17.6 Å². The van der Waals surface area contributed by atoms with Crippen molar-refractivity contribution in [3.63, 3.8) is 0 Å². The Balaban J connectivity index is 1.25. The molecule has 0 saturated carbocycles. The average molecular weight is 539 g/mol. The fraction of sp³-hybridized carbons (Fsp3) is 0.333. The van der Waals surface area contributed by atoms with Crippen molar-refractivity contribution in [2.24, 2.45) is 4.99 Å². The lowest BCUT2D eigenvalue weighted by Crippen LogP contribution is -2.37. The number of rotatable bonds is 8. The molecule has 3 aromatic rings. The molecule has 8 nitrogen and oxygen atoms in total. The van der Waals surface area contributed by atoms with E-state index >= 15 is 0 Å². The van der Waals surface area contributed by atoms with Crippen molar-refractivity contribution >= 4 is 38.8 Å². The summed E-state index contributed by atoms with van der Waals surface area (Å²) in [6, 6.07) is 12.8. The van der Waals surface area contributed by atoms with Gasteiger partial charge in [-0.05, 0) is 54.3 Å². The Hall–Kier alpha value is -3.30. The molecule has 4 heterocycles. The third-order valence-corrected chi connectivity index (χ3v) is 8.52. The van der Waals surface area contributed by atoms with Gasteiger partial charge in [-0.25, -0.2) is 18.4 Å². The van der Waals surface area contributed by atoms with Crippen LogP contribution < -0.4 is 20.3 Å². The fourth-order valence-electron chi connectivity index (χ4n) is 4.87. The van der Waals surface area contributed by atoms with Gasteiger partial charge in [-0.3, -0.25) is 4.72 Å². The number of hydrogen-bond acceptors (Lipinski definition) is 6. The van der Waals surface area contributed by atoms with Gasteiger partial charge in [-0.15, -0.1) is 0 Å². The first-order valence-electron chi connectivity index (χ1n) is 12.4. The number of fused-ring (bicyclic) bond motifs is 1. The zero-order valence-electron chi connectivity index (χ0n) is 21.0. The minimum atomic E-state index is -3.57. The summed E-state index contributed by atoms with van der Waals surface area (Å²) in [6.45, 7) is 4.03. The molecule has 37 heavy (non-hydrogen) atoms. The average Bonchev–Trinajstić information content (AvgIpc) is 3.53. The fourth-order valence-corrected chi connectivity index (χ4v) is 6.18. The normalized spacial score (nSPS) is 17.6. The molecule has 1 unspecified atom stereocenters. The lowest BCUT2D eigenvalue weighted by atomic mass is 10.1. The molecule has 194 valence electrons. The number of benzene rings is 1. The molecule has 1 fully saturated rings. The van der Waals surface area contributed by atoms with Gasteiger partial charge in [-0.1, -0.05) is 30.7 Å². The lowest BCUT2D eigenvalue weighted by Gasteiger charge is -2.27. The zero-order valence-corrected chi connectivity index (χ0v) is 22.6. The molecule has 2 aliphatic heterocycles. The molecule has 0 spiro atoms. The Morgan fingerprint density at radius 2 is 2.00 bits per heavy atom. The molecule has 1 atom stereocenters. The van der Waals surface area contributed by atoms with Crippen molar-refractivity contribution in [2.45, 2.75) is 38.0 Å². The maximum Gasteiger partial charge on any atom is 0.236 e. The van der Waals surface area contributed by atoms with Crippen LogP contribution in [0.5, 0.6) is 0 Å². The van der Waals surface area contributed by atoms with Crippen LogP contribution in [0.1, 0.15) is 31.7 Å². The van der Waals surface area contributed by atoms with E-state index in [1.807, 2.05) is 25.5 Å². The molecule has 10 heteroatoms. The van der Waals surface area contributed by atoms with Crippen LogP contribution in [-0.4, -0.2) is 49.5 Å². The van der Waals surface area contributed by atoms with E-state index in [9.17, 15) is 8.42 Å². The monoisotopic (exact) mass is 538 g/mol. The van der Waals surface area contributed by atoms with Gasteiger partial charge in [-0.2, -0.15) is 0 Å². The Labute approximate surface area is 222 Å². The highest BCUT2D eigenvalue weighted by molar-refractivity contribution is 7.91. The quantitative estimate of drug-likeness (QED) is 0.457. The summed E-state index contributed by atoms with van der Waals surface area (Å²) in [5.74, 6) is 0.679. The van der Waals surface area contributed by atoms with Crippen molar-refractivity contribution in [1.29, 1.82) is 0 Å². The maximum atomic E-state index is 12.6. The largest absolute Gasteiger partial charge is 0.372 e. The molecule has 5 rings (SSSR count). The van der Waals surface area contributed by atoms with E-state index < -0.39 is 10.0 Å². The molecule has 2 aromatic heterocycles. The van der Waals surface area contributed by atoms with Crippen molar-refractivity contribution in [1.82, 2.24) is 14.9 Å². The predicted molar refractivity (Wildman–Crippen MR) is 148 cm³/mol. The Morgan fingerprint density at radius 3 is 2.73 bits per heavy atom. The molecule has 0 amide bonds. The molecule has 2 N–H and O–H groups in total. The van der Waals surface area contributed by atoms with Crippen LogP contribution in [0.3, 0.4) is 0 Å². The summed E-state index contributed by atoms with van der Waals surface area (Å²) < 4.78 is 27.8. The topological polar surface area (TPSA) is 93.7 Å². The highest BCUT2D eigenvalue weighted by atomic mass is 35.5. The summed E-state index contributed by atoms with van der Waals surface area (Å²) in [5, 5.41) is 1.75. The van der Waals surface area contributed by atoms with E-state index in [2.05, 4.69) is 42.5 Å². The number of aromatic amines is 1. The minimum Gasteiger partial charge on any atom is -0.372 e. The first kappa shape index (κ1) is 25.4. The molecule has 0 aliphatic carbocycles. The third-order valence-electron chi connectivity index (χ3n) is 7.01. The van der Waals surface area contributed by atoms with Crippen LogP contribution in [0.25, 0.3) is 5.70 Å². The molecule has 1 aromatic carbocycles. The van der Waals surface area contributed by atoms with Gasteiger partial charge >= 0.3 is 0 Å². The number of aromatic nitrogens is 2. The summed E-state index contributed by atoms with van der Waals surface area (Å²) in [5.41, 5.74) is 4.68.